The summed E-state index contributed by atoms with van der Waals surface area (Å²) in [5.41, 5.74) is 3.20. The maximum Gasteiger partial charge on any atom is 0.321 e. The van der Waals surface area contributed by atoms with E-state index < -0.39 is 0 Å². The number of thiazole rings is 1. The van der Waals surface area contributed by atoms with Crippen LogP contribution in [0.15, 0.2) is 54.6 Å². The van der Waals surface area contributed by atoms with Crippen molar-refractivity contribution in [1.29, 1.82) is 0 Å². The minimum absolute atomic E-state index is 0.214. The zero-order valence-corrected chi connectivity index (χ0v) is 24.5. The Hall–Kier alpha value is -2.37. The van der Waals surface area contributed by atoms with Gasteiger partial charge in [0, 0.05) is 22.0 Å². The number of aromatic nitrogens is 1. The Morgan fingerprint density at radius 2 is 1.39 bits per heavy atom. The van der Waals surface area contributed by atoms with Gasteiger partial charge in [-0.05, 0) is 37.0 Å². The van der Waals surface area contributed by atoms with Gasteiger partial charge in [-0.15, -0.1) is 11.3 Å². The average Bonchev–Trinajstić information content (AvgIpc) is 3.32. The highest BCUT2D eigenvalue weighted by atomic mass is 35.5. The van der Waals surface area contributed by atoms with E-state index in [9.17, 15) is 4.79 Å². The van der Waals surface area contributed by atoms with E-state index in [0.29, 0.717) is 16.7 Å². The molecule has 6 heteroatoms. The molecule has 0 bridgehead atoms. The highest BCUT2D eigenvalue weighted by Gasteiger charge is 2.15. The van der Waals surface area contributed by atoms with Gasteiger partial charge in [-0.2, -0.15) is 0 Å². The van der Waals surface area contributed by atoms with Crippen LogP contribution in [0.1, 0.15) is 94.4 Å². The summed E-state index contributed by atoms with van der Waals surface area (Å²) < 4.78 is 0. The Bertz CT molecular complexity index is 1050. The quantitative estimate of drug-likeness (QED) is 0.154. The van der Waals surface area contributed by atoms with Crippen molar-refractivity contribution < 1.29 is 4.79 Å². The van der Waals surface area contributed by atoms with Crippen LogP contribution in [-0.2, 0) is 12.8 Å². The number of rotatable bonds is 18. The van der Waals surface area contributed by atoms with Gasteiger partial charge >= 0.3 is 6.03 Å². The van der Waals surface area contributed by atoms with Crippen LogP contribution in [-0.4, -0.2) is 17.6 Å². The number of hydrogen-bond donors (Lipinski definition) is 2. The van der Waals surface area contributed by atoms with Gasteiger partial charge in [0.2, 0.25) is 0 Å². The fourth-order valence-electron chi connectivity index (χ4n) is 4.64. The van der Waals surface area contributed by atoms with Crippen molar-refractivity contribution in [3.8, 4) is 11.3 Å². The number of aryl methyl sites for hydroxylation is 1. The summed E-state index contributed by atoms with van der Waals surface area (Å²) in [5, 5.41) is 7.25. The summed E-state index contributed by atoms with van der Waals surface area (Å²) in [6.45, 7) is 2.86. The van der Waals surface area contributed by atoms with E-state index >= 15 is 0 Å². The Kier molecular flexibility index (Phi) is 14.3. The molecule has 1 aromatic heterocycles. The number of nitrogens with zero attached hydrogens (tertiary/aromatic N) is 1. The van der Waals surface area contributed by atoms with Crippen molar-refractivity contribution in [3.05, 3.63) is 70.1 Å². The minimum Gasteiger partial charge on any atom is -0.337 e. The molecule has 0 aliphatic rings. The fraction of sp³-hybridized carbons (Fsp3) is 0.500. The third kappa shape index (κ3) is 11.6. The minimum atomic E-state index is -0.214. The molecule has 0 radical (unpaired) electrons. The smallest absolute Gasteiger partial charge is 0.321 e. The van der Waals surface area contributed by atoms with Crippen molar-refractivity contribution in [2.75, 3.05) is 11.9 Å². The van der Waals surface area contributed by atoms with Crippen molar-refractivity contribution in [1.82, 2.24) is 10.3 Å². The first-order valence-corrected chi connectivity index (χ1v) is 15.7. The number of hydrogen-bond acceptors (Lipinski definition) is 3. The largest absolute Gasteiger partial charge is 0.337 e. The SMILES string of the molecule is CCCCCCCCCCCCCCc1sc(NC(=O)NCCc2ccccc2)nc1-c1ccc(Cl)cc1. The zero-order valence-electron chi connectivity index (χ0n) is 22.9. The second kappa shape index (κ2) is 18.0. The van der Waals surface area contributed by atoms with E-state index in [1.54, 1.807) is 11.3 Å². The molecule has 3 aromatic rings. The number of halogens is 1. The normalized spacial score (nSPS) is 11.0. The highest BCUT2D eigenvalue weighted by molar-refractivity contribution is 7.16. The van der Waals surface area contributed by atoms with Gasteiger partial charge < -0.3 is 5.32 Å². The number of unbranched alkanes of at least 4 members (excludes halogenated alkanes) is 11. The zero-order chi connectivity index (χ0) is 26.8. The molecule has 0 fully saturated rings. The molecule has 0 saturated heterocycles. The van der Waals surface area contributed by atoms with Gasteiger partial charge in [0.05, 0.1) is 5.69 Å². The molecule has 0 aliphatic carbocycles. The third-order valence-electron chi connectivity index (χ3n) is 6.83. The third-order valence-corrected chi connectivity index (χ3v) is 8.12. The van der Waals surface area contributed by atoms with Gasteiger partial charge in [0.25, 0.3) is 0 Å². The van der Waals surface area contributed by atoms with Crippen LogP contribution < -0.4 is 10.6 Å². The van der Waals surface area contributed by atoms with E-state index in [4.69, 9.17) is 16.6 Å². The van der Waals surface area contributed by atoms with Crippen LogP contribution in [0.3, 0.4) is 0 Å². The molecular weight excluding hydrogens is 510 g/mol. The van der Waals surface area contributed by atoms with Crippen LogP contribution in [0.5, 0.6) is 0 Å². The monoisotopic (exact) mass is 553 g/mol. The number of carbonyl (C=O) groups excluding carboxylic acids is 1. The second-order valence-corrected chi connectivity index (χ2v) is 11.6. The van der Waals surface area contributed by atoms with E-state index in [1.807, 2.05) is 42.5 Å². The van der Waals surface area contributed by atoms with Gasteiger partial charge in [-0.1, -0.05) is 132 Å². The number of benzene rings is 2. The summed E-state index contributed by atoms with van der Waals surface area (Å²) in [6, 6.07) is 17.8. The molecule has 0 saturated carbocycles. The molecule has 2 amide bonds. The summed E-state index contributed by atoms with van der Waals surface area (Å²) in [5.74, 6) is 0. The Morgan fingerprint density at radius 3 is 2.03 bits per heavy atom. The van der Waals surface area contributed by atoms with Crippen molar-refractivity contribution in [2.24, 2.45) is 0 Å². The lowest BCUT2D eigenvalue weighted by Gasteiger charge is -2.05. The van der Waals surface area contributed by atoms with Crippen LogP contribution in [0, 0.1) is 0 Å². The van der Waals surface area contributed by atoms with Crippen LogP contribution in [0.2, 0.25) is 5.02 Å². The van der Waals surface area contributed by atoms with E-state index in [-0.39, 0.29) is 6.03 Å². The molecule has 4 nitrogen and oxygen atoms in total. The Balaban J connectivity index is 1.43. The Labute approximate surface area is 238 Å². The first-order valence-electron chi connectivity index (χ1n) is 14.5. The first kappa shape index (κ1) is 30.2. The topological polar surface area (TPSA) is 54.0 Å². The lowest BCUT2D eigenvalue weighted by Crippen LogP contribution is -2.30. The lowest BCUT2D eigenvalue weighted by atomic mass is 10.0. The summed E-state index contributed by atoms with van der Waals surface area (Å²) in [7, 11) is 0. The Morgan fingerprint density at radius 1 is 0.789 bits per heavy atom. The maximum absolute atomic E-state index is 12.5. The molecule has 1 heterocycles. The molecule has 0 spiro atoms. The van der Waals surface area contributed by atoms with Gasteiger partial charge in [0.15, 0.2) is 5.13 Å². The van der Waals surface area contributed by atoms with Crippen LogP contribution >= 0.6 is 22.9 Å². The number of urea groups is 1. The van der Waals surface area contributed by atoms with Crippen molar-refractivity contribution >= 4 is 34.1 Å². The number of anilines is 1. The number of amides is 2. The fourth-order valence-corrected chi connectivity index (χ4v) is 5.79. The van der Waals surface area contributed by atoms with Gasteiger partial charge in [-0.3, -0.25) is 5.32 Å². The highest BCUT2D eigenvalue weighted by Crippen LogP contribution is 2.33. The lowest BCUT2D eigenvalue weighted by molar-refractivity contribution is 0.252. The molecule has 0 aliphatic heterocycles. The maximum atomic E-state index is 12.5. The summed E-state index contributed by atoms with van der Waals surface area (Å²) >= 11 is 7.70. The van der Waals surface area contributed by atoms with Gasteiger partial charge in [0.1, 0.15) is 0 Å². The predicted molar refractivity (Wildman–Crippen MR) is 165 cm³/mol. The number of carbonyl (C=O) groups is 1. The van der Waals surface area contributed by atoms with Crippen LogP contribution in [0.4, 0.5) is 9.93 Å². The van der Waals surface area contributed by atoms with Gasteiger partial charge in [-0.25, -0.2) is 9.78 Å². The van der Waals surface area contributed by atoms with E-state index in [2.05, 4.69) is 29.7 Å². The summed E-state index contributed by atoms with van der Waals surface area (Å²) in [4.78, 5) is 18.5. The molecule has 38 heavy (non-hydrogen) atoms. The molecule has 2 aromatic carbocycles. The van der Waals surface area contributed by atoms with Crippen LogP contribution in [0.25, 0.3) is 11.3 Å². The standard InChI is InChI=1S/C32H44ClN3OS/c1-2-3-4-5-6-7-8-9-10-11-12-16-19-29-30(27-20-22-28(33)23-21-27)35-32(38-29)36-31(37)34-25-24-26-17-14-13-15-18-26/h13-15,17-18,20-23H,2-12,16,19,24-25H2,1H3,(H2,34,35,36,37). The second-order valence-electron chi connectivity index (χ2n) is 10.1. The molecule has 2 N–H and O–H groups in total. The average molecular weight is 554 g/mol. The first-order chi connectivity index (χ1) is 18.7. The molecule has 0 atom stereocenters. The van der Waals surface area contributed by atoms with E-state index in [1.165, 1.54) is 81.1 Å². The van der Waals surface area contributed by atoms with Crippen molar-refractivity contribution in [3.63, 3.8) is 0 Å². The molecular formula is C32H44ClN3OS. The molecule has 0 unspecified atom stereocenters. The number of nitrogens with one attached hydrogen (secondary N) is 2. The predicted octanol–water partition coefficient (Wildman–Crippen LogP) is 10.1. The molecule has 206 valence electrons. The molecule has 3 rings (SSSR count). The summed E-state index contributed by atoms with van der Waals surface area (Å²) in [6.07, 6.45) is 17.8. The van der Waals surface area contributed by atoms with E-state index in [0.717, 1.165) is 30.5 Å². The van der Waals surface area contributed by atoms with Crippen molar-refractivity contribution in [2.45, 2.75) is 96.8 Å².